The topological polar surface area (TPSA) is 64.5 Å². The highest BCUT2D eigenvalue weighted by Gasteiger charge is 2.35. The molecule has 0 aliphatic heterocycles. The van der Waals surface area contributed by atoms with Crippen molar-refractivity contribution >= 4 is 10.8 Å². The molecule has 0 amide bonds. The molecular formula is C56H39N5. The molecule has 0 unspecified atom stereocenters. The Balaban J connectivity index is 1.01. The molecule has 0 spiro atoms. The van der Waals surface area contributed by atoms with Crippen LogP contribution in [0.3, 0.4) is 0 Å². The van der Waals surface area contributed by atoms with E-state index in [9.17, 15) is 0 Å². The van der Waals surface area contributed by atoms with Gasteiger partial charge in [-0.1, -0.05) is 190 Å². The molecule has 288 valence electrons. The van der Waals surface area contributed by atoms with Crippen LogP contribution in [0.1, 0.15) is 25.0 Å². The van der Waals surface area contributed by atoms with Gasteiger partial charge in [0.25, 0.3) is 0 Å². The molecule has 1 aliphatic rings. The maximum absolute atomic E-state index is 5.18. The lowest BCUT2D eigenvalue weighted by atomic mass is 9.82. The molecule has 2 aromatic heterocycles. The average molecular weight is 782 g/mol. The van der Waals surface area contributed by atoms with Crippen molar-refractivity contribution in [3.05, 3.63) is 211 Å². The minimum absolute atomic E-state index is 0.0849. The van der Waals surface area contributed by atoms with Crippen molar-refractivity contribution in [2.24, 2.45) is 0 Å². The highest BCUT2D eigenvalue weighted by Crippen LogP contribution is 2.49. The van der Waals surface area contributed by atoms with Crippen LogP contribution in [0.4, 0.5) is 0 Å². The first-order valence-electron chi connectivity index (χ1n) is 20.7. The molecule has 61 heavy (non-hydrogen) atoms. The van der Waals surface area contributed by atoms with Crippen molar-refractivity contribution in [2.45, 2.75) is 19.3 Å². The van der Waals surface area contributed by atoms with Crippen molar-refractivity contribution in [1.82, 2.24) is 24.9 Å². The van der Waals surface area contributed by atoms with Crippen LogP contribution in [0.2, 0.25) is 0 Å². The smallest absolute Gasteiger partial charge is 0.164 e. The van der Waals surface area contributed by atoms with Crippen LogP contribution in [0.25, 0.3) is 101 Å². The van der Waals surface area contributed by atoms with Crippen molar-refractivity contribution in [2.75, 3.05) is 0 Å². The molecule has 8 aromatic carbocycles. The van der Waals surface area contributed by atoms with Crippen LogP contribution in [0, 0.1) is 0 Å². The van der Waals surface area contributed by atoms with Crippen LogP contribution >= 0.6 is 0 Å². The third kappa shape index (κ3) is 6.57. The van der Waals surface area contributed by atoms with Crippen LogP contribution < -0.4 is 0 Å². The molecule has 10 aromatic rings. The fourth-order valence-corrected chi connectivity index (χ4v) is 8.80. The van der Waals surface area contributed by atoms with Gasteiger partial charge in [-0.25, -0.2) is 24.9 Å². The Morgan fingerprint density at radius 1 is 0.295 bits per heavy atom. The summed E-state index contributed by atoms with van der Waals surface area (Å²) in [4.78, 5) is 25.6. The Kier molecular flexibility index (Phi) is 8.75. The van der Waals surface area contributed by atoms with Crippen LogP contribution in [-0.4, -0.2) is 24.9 Å². The molecular weight excluding hydrogens is 743 g/mol. The SMILES string of the molecule is CC1(C)c2ccccc2-c2cc(-c3nc(-c4ccccc4)nc(-c4cccc(-c5cccc(-c6cc(-c7cccc8ccccc78)nc(-c7ccccc7)n6)c5)c4)n3)ccc21. The van der Waals surface area contributed by atoms with Gasteiger partial charge in [0.15, 0.2) is 23.3 Å². The van der Waals surface area contributed by atoms with Gasteiger partial charge in [0.2, 0.25) is 0 Å². The molecule has 5 nitrogen and oxygen atoms in total. The lowest BCUT2D eigenvalue weighted by Crippen LogP contribution is -2.14. The zero-order chi connectivity index (χ0) is 40.9. The van der Waals surface area contributed by atoms with Crippen LogP contribution in [0.5, 0.6) is 0 Å². The van der Waals surface area contributed by atoms with Crippen molar-refractivity contribution < 1.29 is 0 Å². The lowest BCUT2D eigenvalue weighted by Gasteiger charge is -2.21. The Hall–Kier alpha value is -7.89. The Morgan fingerprint density at radius 3 is 1.51 bits per heavy atom. The predicted molar refractivity (Wildman–Crippen MR) is 249 cm³/mol. The summed E-state index contributed by atoms with van der Waals surface area (Å²) in [6, 6.07) is 69.7. The van der Waals surface area contributed by atoms with Crippen molar-refractivity contribution in [3.8, 4) is 90.3 Å². The molecule has 11 rings (SSSR count). The molecule has 0 saturated heterocycles. The first-order chi connectivity index (χ1) is 30.0. The van der Waals surface area contributed by atoms with E-state index in [1.165, 1.54) is 27.6 Å². The number of hydrogen-bond donors (Lipinski definition) is 0. The molecule has 5 heteroatoms. The Bertz CT molecular complexity index is 3280. The fourth-order valence-electron chi connectivity index (χ4n) is 8.80. The van der Waals surface area contributed by atoms with Gasteiger partial charge in [0.1, 0.15) is 0 Å². The third-order valence-corrected chi connectivity index (χ3v) is 11.9. The van der Waals surface area contributed by atoms with Gasteiger partial charge >= 0.3 is 0 Å². The maximum Gasteiger partial charge on any atom is 0.164 e. The summed E-state index contributed by atoms with van der Waals surface area (Å²) < 4.78 is 0. The summed E-state index contributed by atoms with van der Waals surface area (Å²) in [5.41, 5.74) is 14.7. The summed E-state index contributed by atoms with van der Waals surface area (Å²) in [6.45, 7) is 4.60. The van der Waals surface area contributed by atoms with Crippen LogP contribution in [0.15, 0.2) is 200 Å². The highest BCUT2D eigenvalue weighted by atomic mass is 15.0. The molecule has 0 bridgehead atoms. The van der Waals surface area contributed by atoms with Gasteiger partial charge in [0, 0.05) is 38.8 Å². The van der Waals surface area contributed by atoms with E-state index in [1.54, 1.807) is 0 Å². The quantitative estimate of drug-likeness (QED) is 0.161. The van der Waals surface area contributed by atoms with Gasteiger partial charge in [-0.2, -0.15) is 0 Å². The second kappa shape index (κ2) is 14.7. The molecule has 0 N–H and O–H groups in total. The molecule has 0 radical (unpaired) electrons. The van der Waals surface area contributed by atoms with E-state index in [0.29, 0.717) is 23.3 Å². The summed E-state index contributed by atoms with van der Waals surface area (Å²) in [7, 11) is 0. The number of fused-ring (bicyclic) bond motifs is 4. The van der Waals surface area contributed by atoms with Gasteiger partial charge in [-0.05, 0) is 68.4 Å². The van der Waals surface area contributed by atoms with E-state index in [-0.39, 0.29) is 5.41 Å². The van der Waals surface area contributed by atoms with Gasteiger partial charge in [0.05, 0.1) is 11.4 Å². The molecule has 0 atom stereocenters. The number of benzene rings is 8. The third-order valence-electron chi connectivity index (χ3n) is 11.9. The zero-order valence-corrected chi connectivity index (χ0v) is 33.8. The lowest BCUT2D eigenvalue weighted by molar-refractivity contribution is 0.660. The summed E-state index contributed by atoms with van der Waals surface area (Å²) in [5.74, 6) is 2.58. The summed E-state index contributed by atoms with van der Waals surface area (Å²) in [6.07, 6.45) is 0. The van der Waals surface area contributed by atoms with Gasteiger partial charge in [-0.15, -0.1) is 0 Å². The van der Waals surface area contributed by atoms with Crippen LogP contribution in [-0.2, 0) is 5.41 Å². The standard InChI is InChI=1S/C56H39N5/c1-56(2)48-29-12-11-27-45(48)47-34-43(30-31-49(47)56)55-60-53(38-19-7-4-8-20-38)59-54(61-55)42-25-14-23-40(33-42)39-22-13-24-41(32-39)50-35-51(58-52(57-50)37-17-5-3-6-18-37)46-28-15-21-36-16-9-10-26-44(36)46/h3-35H,1-2H3. The first-order valence-corrected chi connectivity index (χ1v) is 20.7. The summed E-state index contributed by atoms with van der Waals surface area (Å²) >= 11 is 0. The monoisotopic (exact) mass is 781 g/mol. The second-order valence-corrected chi connectivity index (χ2v) is 16.1. The Labute approximate surface area is 355 Å². The molecule has 1 aliphatic carbocycles. The van der Waals surface area contributed by atoms with E-state index in [1.807, 2.05) is 48.5 Å². The van der Waals surface area contributed by atoms with Crippen molar-refractivity contribution in [1.29, 1.82) is 0 Å². The number of aromatic nitrogens is 5. The first kappa shape index (κ1) is 36.2. The maximum atomic E-state index is 5.18. The predicted octanol–water partition coefficient (Wildman–Crippen LogP) is 13.8. The van der Waals surface area contributed by atoms with E-state index in [2.05, 4.69) is 166 Å². The van der Waals surface area contributed by atoms with Gasteiger partial charge in [-0.3, -0.25) is 0 Å². The highest BCUT2D eigenvalue weighted by molar-refractivity contribution is 5.96. The number of nitrogens with zero attached hydrogens (tertiary/aromatic N) is 5. The zero-order valence-electron chi connectivity index (χ0n) is 33.8. The minimum Gasteiger partial charge on any atom is -0.228 e. The number of hydrogen-bond acceptors (Lipinski definition) is 5. The van der Waals surface area contributed by atoms with E-state index in [0.717, 1.165) is 61.3 Å². The van der Waals surface area contributed by atoms with E-state index < -0.39 is 0 Å². The van der Waals surface area contributed by atoms with Gasteiger partial charge < -0.3 is 0 Å². The van der Waals surface area contributed by atoms with E-state index in [4.69, 9.17) is 24.9 Å². The Morgan fingerprint density at radius 2 is 0.770 bits per heavy atom. The summed E-state index contributed by atoms with van der Waals surface area (Å²) in [5, 5.41) is 2.33. The molecule has 0 saturated carbocycles. The van der Waals surface area contributed by atoms with Crippen molar-refractivity contribution in [3.63, 3.8) is 0 Å². The molecule has 0 fully saturated rings. The minimum atomic E-state index is -0.0849. The average Bonchev–Trinajstić information content (AvgIpc) is 3.56. The second-order valence-electron chi connectivity index (χ2n) is 16.1. The largest absolute Gasteiger partial charge is 0.228 e. The number of rotatable bonds is 7. The normalized spacial score (nSPS) is 12.6. The fraction of sp³-hybridized carbons (Fsp3) is 0.0536. The molecule has 2 heterocycles. The van der Waals surface area contributed by atoms with E-state index >= 15 is 0 Å².